The maximum absolute atomic E-state index is 12.1. The average Bonchev–Trinajstić information content (AvgIpc) is 2.76. The van der Waals surface area contributed by atoms with Crippen LogP contribution in [0.1, 0.15) is 17.6 Å². The van der Waals surface area contributed by atoms with E-state index < -0.39 is 6.36 Å². The van der Waals surface area contributed by atoms with E-state index in [4.69, 9.17) is 4.42 Å². The molecule has 0 aliphatic rings. The lowest BCUT2D eigenvalue weighted by Crippen LogP contribution is -2.17. The van der Waals surface area contributed by atoms with Crippen LogP contribution in [0.25, 0.3) is 11.3 Å². The Morgan fingerprint density at radius 1 is 1.37 bits per heavy atom. The van der Waals surface area contributed by atoms with Gasteiger partial charge in [0.05, 0.1) is 6.20 Å². The summed E-state index contributed by atoms with van der Waals surface area (Å²) in [5.74, 6) is -0.644. The molecular formula is C12H8F3NO3. The first-order valence-corrected chi connectivity index (χ1v) is 5.18. The molecule has 0 unspecified atom stereocenters. The Kier molecular flexibility index (Phi) is 3.28. The molecule has 0 amide bonds. The highest BCUT2D eigenvalue weighted by atomic mass is 19.4. The van der Waals surface area contributed by atoms with Crippen molar-refractivity contribution in [1.82, 2.24) is 4.98 Å². The zero-order chi connectivity index (χ0) is 14.0. The summed E-state index contributed by atoms with van der Waals surface area (Å²) < 4.78 is 45.2. The third-order valence-electron chi connectivity index (χ3n) is 2.16. The van der Waals surface area contributed by atoms with E-state index in [1.54, 1.807) is 0 Å². The second-order valence-electron chi connectivity index (χ2n) is 3.66. The maximum atomic E-state index is 12.1. The number of rotatable bonds is 3. The van der Waals surface area contributed by atoms with Crippen LogP contribution in [0.5, 0.6) is 5.75 Å². The number of alkyl halides is 3. The highest BCUT2D eigenvalue weighted by molar-refractivity contribution is 5.89. The Bertz CT molecular complexity index is 604. The van der Waals surface area contributed by atoms with E-state index in [0.29, 0.717) is 5.56 Å². The van der Waals surface area contributed by atoms with Crippen LogP contribution in [-0.2, 0) is 0 Å². The van der Waals surface area contributed by atoms with E-state index in [1.807, 2.05) is 0 Å². The van der Waals surface area contributed by atoms with Gasteiger partial charge in [-0.25, -0.2) is 4.98 Å². The van der Waals surface area contributed by atoms with Crippen LogP contribution in [-0.4, -0.2) is 17.1 Å². The van der Waals surface area contributed by atoms with Crippen LogP contribution in [0.4, 0.5) is 13.2 Å². The van der Waals surface area contributed by atoms with Crippen molar-refractivity contribution in [2.75, 3.05) is 0 Å². The molecule has 0 atom stereocenters. The molecule has 0 spiro atoms. The van der Waals surface area contributed by atoms with E-state index in [0.717, 1.165) is 6.07 Å². The van der Waals surface area contributed by atoms with Gasteiger partial charge in [-0.2, -0.15) is 0 Å². The number of benzene rings is 1. The average molecular weight is 271 g/mol. The smallest absolute Gasteiger partial charge is 0.434 e. The predicted molar refractivity (Wildman–Crippen MR) is 58.6 cm³/mol. The minimum Gasteiger partial charge on any atom is -0.434 e. The summed E-state index contributed by atoms with van der Waals surface area (Å²) in [7, 11) is 0. The van der Waals surface area contributed by atoms with Gasteiger partial charge in [0.15, 0.2) is 5.76 Å². The number of hydrogen-bond acceptors (Lipinski definition) is 4. The highest BCUT2D eigenvalue weighted by Crippen LogP contribution is 2.28. The molecule has 0 saturated heterocycles. The lowest BCUT2D eigenvalue weighted by atomic mass is 10.2. The summed E-state index contributed by atoms with van der Waals surface area (Å²) in [6, 6.07) is 5.22. The summed E-state index contributed by atoms with van der Waals surface area (Å²) in [5.41, 5.74) is 0.335. The number of carbonyl (C=O) groups excluding carboxylic acids is 1. The number of carbonyl (C=O) groups is 1. The summed E-state index contributed by atoms with van der Waals surface area (Å²) in [6.45, 7) is 1.28. The van der Waals surface area contributed by atoms with E-state index >= 15 is 0 Å². The lowest BCUT2D eigenvalue weighted by molar-refractivity contribution is -0.274. The number of aromatic nitrogens is 1. The minimum absolute atomic E-state index is 0.0999. The molecular weight excluding hydrogens is 263 g/mol. The fourth-order valence-corrected chi connectivity index (χ4v) is 1.42. The molecule has 1 heterocycles. The van der Waals surface area contributed by atoms with Crippen molar-refractivity contribution in [3.8, 4) is 17.1 Å². The Labute approximate surface area is 105 Å². The third-order valence-corrected chi connectivity index (χ3v) is 2.16. The standard InChI is InChI=1S/C12H8F3NO3/c1-7(17)11-16-6-10(18-11)8-3-2-4-9(5-8)19-12(13,14)15/h2-6H,1H3. The summed E-state index contributed by atoms with van der Waals surface area (Å²) in [6.07, 6.45) is -3.49. The zero-order valence-corrected chi connectivity index (χ0v) is 9.69. The van der Waals surface area contributed by atoms with Crippen LogP contribution < -0.4 is 4.74 Å². The molecule has 100 valence electrons. The highest BCUT2D eigenvalue weighted by Gasteiger charge is 2.31. The van der Waals surface area contributed by atoms with Gasteiger partial charge >= 0.3 is 6.36 Å². The molecule has 0 N–H and O–H groups in total. The molecule has 0 saturated carbocycles. The van der Waals surface area contributed by atoms with Gasteiger partial charge < -0.3 is 9.15 Å². The quantitative estimate of drug-likeness (QED) is 0.802. The molecule has 0 aliphatic heterocycles. The molecule has 4 nitrogen and oxygen atoms in total. The number of hydrogen-bond donors (Lipinski definition) is 0. The minimum atomic E-state index is -4.76. The van der Waals surface area contributed by atoms with Crippen LogP contribution in [0.2, 0.25) is 0 Å². The molecule has 19 heavy (non-hydrogen) atoms. The number of halogens is 3. The Morgan fingerprint density at radius 2 is 2.11 bits per heavy atom. The monoisotopic (exact) mass is 271 g/mol. The number of ether oxygens (including phenoxy) is 1. The van der Waals surface area contributed by atoms with Crippen molar-refractivity contribution < 1.29 is 27.1 Å². The molecule has 0 radical (unpaired) electrons. The topological polar surface area (TPSA) is 52.3 Å². The van der Waals surface area contributed by atoms with Crippen molar-refractivity contribution >= 4 is 5.78 Å². The normalized spacial score (nSPS) is 11.4. The summed E-state index contributed by atoms with van der Waals surface area (Å²) >= 11 is 0. The van der Waals surface area contributed by atoms with Gasteiger partial charge in [0.2, 0.25) is 5.78 Å². The molecule has 1 aromatic carbocycles. The van der Waals surface area contributed by atoms with Gasteiger partial charge in [-0.05, 0) is 12.1 Å². The fraction of sp³-hybridized carbons (Fsp3) is 0.167. The number of nitrogens with zero attached hydrogens (tertiary/aromatic N) is 1. The summed E-state index contributed by atoms with van der Waals surface area (Å²) in [4.78, 5) is 14.7. The van der Waals surface area contributed by atoms with Crippen molar-refractivity contribution in [1.29, 1.82) is 0 Å². The Hall–Kier alpha value is -2.31. The molecule has 7 heteroatoms. The molecule has 1 aromatic heterocycles. The SMILES string of the molecule is CC(=O)c1ncc(-c2cccc(OC(F)(F)F)c2)o1. The van der Waals surface area contributed by atoms with Gasteiger partial charge in [-0.3, -0.25) is 4.79 Å². The second-order valence-corrected chi connectivity index (χ2v) is 3.66. The van der Waals surface area contributed by atoms with Crippen molar-refractivity contribution in [2.24, 2.45) is 0 Å². The first kappa shape index (κ1) is 13.1. The van der Waals surface area contributed by atoms with Gasteiger partial charge in [0.1, 0.15) is 5.75 Å². The zero-order valence-electron chi connectivity index (χ0n) is 9.69. The second kappa shape index (κ2) is 4.75. The maximum Gasteiger partial charge on any atom is 0.573 e. The third kappa shape index (κ3) is 3.34. The Balaban J connectivity index is 2.29. The van der Waals surface area contributed by atoms with Crippen LogP contribution in [0.3, 0.4) is 0 Å². The molecule has 0 fully saturated rings. The number of oxazole rings is 1. The molecule has 0 bridgehead atoms. The van der Waals surface area contributed by atoms with Crippen LogP contribution in [0.15, 0.2) is 34.9 Å². The van der Waals surface area contributed by atoms with Crippen molar-refractivity contribution in [2.45, 2.75) is 13.3 Å². The molecule has 2 aromatic rings. The Morgan fingerprint density at radius 3 is 2.68 bits per heavy atom. The van der Waals surface area contributed by atoms with E-state index in [-0.39, 0.29) is 23.2 Å². The van der Waals surface area contributed by atoms with E-state index in [2.05, 4.69) is 9.72 Å². The van der Waals surface area contributed by atoms with Gasteiger partial charge in [0, 0.05) is 12.5 Å². The van der Waals surface area contributed by atoms with E-state index in [9.17, 15) is 18.0 Å². The number of ketones is 1. The van der Waals surface area contributed by atoms with Crippen LogP contribution in [0, 0.1) is 0 Å². The molecule has 2 rings (SSSR count). The first-order chi connectivity index (χ1) is 8.85. The fourth-order valence-electron chi connectivity index (χ4n) is 1.42. The summed E-state index contributed by atoms with van der Waals surface area (Å²) in [5, 5.41) is 0. The van der Waals surface area contributed by atoms with Crippen LogP contribution >= 0.6 is 0 Å². The molecule has 0 aliphatic carbocycles. The van der Waals surface area contributed by atoms with Gasteiger partial charge in [0.25, 0.3) is 5.89 Å². The van der Waals surface area contributed by atoms with Crippen molar-refractivity contribution in [3.63, 3.8) is 0 Å². The van der Waals surface area contributed by atoms with E-state index in [1.165, 1.54) is 31.3 Å². The van der Waals surface area contributed by atoms with Gasteiger partial charge in [-0.15, -0.1) is 13.2 Å². The van der Waals surface area contributed by atoms with Crippen molar-refractivity contribution in [3.05, 3.63) is 36.4 Å². The van der Waals surface area contributed by atoms with Gasteiger partial charge in [-0.1, -0.05) is 12.1 Å². The first-order valence-electron chi connectivity index (χ1n) is 5.18. The largest absolute Gasteiger partial charge is 0.573 e. The predicted octanol–water partition coefficient (Wildman–Crippen LogP) is 3.44. The number of Topliss-reactive ketones (excluding diaryl/α,β-unsaturated/α-hetero) is 1. The lowest BCUT2D eigenvalue weighted by Gasteiger charge is -2.09.